The second-order valence-corrected chi connectivity index (χ2v) is 6.20. The van der Waals surface area contributed by atoms with Gasteiger partial charge in [0.15, 0.2) is 11.5 Å². The van der Waals surface area contributed by atoms with E-state index < -0.39 is 0 Å². The molecule has 0 N–H and O–H groups in total. The first-order valence-electron chi connectivity index (χ1n) is 7.64. The van der Waals surface area contributed by atoms with Gasteiger partial charge in [0.25, 0.3) is 0 Å². The van der Waals surface area contributed by atoms with Crippen molar-refractivity contribution in [3.05, 3.63) is 65.7 Å². The summed E-state index contributed by atoms with van der Waals surface area (Å²) in [6, 6.07) is 15.6. The predicted molar refractivity (Wildman–Crippen MR) is 102 cm³/mol. The van der Waals surface area contributed by atoms with E-state index in [4.69, 9.17) is 9.47 Å². The summed E-state index contributed by atoms with van der Waals surface area (Å²) >= 11 is 1.50. The number of methoxy groups -OCH3 is 1. The minimum absolute atomic E-state index is 0.403. The van der Waals surface area contributed by atoms with E-state index >= 15 is 0 Å². The highest BCUT2D eigenvalue weighted by atomic mass is 32.1. The van der Waals surface area contributed by atoms with Crippen molar-refractivity contribution in [1.29, 1.82) is 5.26 Å². The molecule has 3 aromatic rings. The van der Waals surface area contributed by atoms with Gasteiger partial charge in [-0.2, -0.15) is 5.26 Å². The Morgan fingerprint density at radius 3 is 2.84 bits per heavy atom. The minimum atomic E-state index is 0.403. The first-order chi connectivity index (χ1) is 12.2. The van der Waals surface area contributed by atoms with Gasteiger partial charge in [0, 0.05) is 0 Å². The third kappa shape index (κ3) is 3.70. The number of benzene rings is 2. The summed E-state index contributed by atoms with van der Waals surface area (Å²) in [5.41, 5.74) is 2.26. The zero-order valence-corrected chi connectivity index (χ0v) is 14.5. The SMILES string of the molecule is C=CCOc1ccc(C=C(C#N)c2nc3ccccc3s2)cc1OC. The Morgan fingerprint density at radius 1 is 1.28 bits per heavy atom. The smallest absolute Gasteiger partial charge is 0.161 e. The number of fused-ring (bicyclic) bond motifs is 1. The molecule has 0 saturated heterocycles. The molecule has 5 heteroatoms. The highest BCUT2D eigenvalue weighted by Gasteiger charge is 2.10. The largest absolute Gasteiger partial charge is 0.493 e. The molecule has 0 amide bonds. The molecule has 0 aliphatic rings. The van der Waals surface area contributed by atoms with E-state index in [1.807, 2.05) is 42.5 Å². The maximum Gasteiger partial charge on any atom is 0.161 e. The summed E-state index contributed by atoms with van der Waals surface area (Å²) in [6.45, 7) is 4.04. The molecule has 0 atom stereocenters. The van der Waals surface area contributed by atoms with Gasteiger partial charge in [-0.1, -0.05) is 30.9 Å². The quantitative estimate of drug-likeness (QED) is 0.468. The van der Waals surface area contributed by atoms with Gasteiger partial charge < -0.3 is 9.47 Å². The fourth-order valence-electron chi connectivity index (χ4n) is 2.34. The third-order valence-electron chi connectivity index (χ3n) is 3.50. The first-order valence-corrected chi connectivity index (χ1v) is 8.46. The lowest BCUT2D eigenvalue weighted by Crippen LogP contribution is -1.96. The van der Waals surface area contributed by atoms with Crippen molar-refractivity contribution in [3.63, 3.8) is 0 Å². The van der Waals surface area contributed by atoms with Crippen LogP contribution in [0.4, 0.5) is 0 Å². The van der Waals surface area contributed by atoms with E-state index in [2.05, 4.69) is 17.6 Å². The Hall–Kier alpha value is -3.10. The standard InChI is InChI=1S/C20H16N2O2S/c1-3-10-24-17-9-8-14(12-18(17)23-2)11-15(13-21)20-22-16-6-4-5-7-19(16)25-20/h3-9,11-12H,1,10H2,2H3. The lowest BCUT2D eigenvalue weighted by molar-refractivity contribution is 0.326. The summed E-state index contributed by atoms with van der Waals surface area (Å²) in [6.07, 6.45) is 3.48. The summed E-state index contributed by atoms with van der Waals surface area (Å²) < 4.78 is 12.0. The van der Waals surface area contributed by atoms with Gasteiger partial charge in [0.05, 0.1) is 22.9 Å². The van der Waals surface area contributed by atoms with Crippen LogP contribution in [0.25, 0.3) is 21.9 Å². The van der Waals surface area contributed by atoms with E-state index in [0.29, 0.717) is 28.7 Å². The minimum Gasteiger partial charge on any atom is -0.493 e. The molecule has 0 radical (unpaired) electrons. The highest BCUT2D eigenvalue weighted by Crippen LogP contribution is 2.31. The summed E-state index contributed by atoms with van der Waals surface area (Å²) in [4.78, 5) is 4.54. The van der Waals surface area contributed by atoms with Crippen molar-refractivity contribution in [2.75, 3.05) is 13.7 Å². The molecule has 1 aromatic heterocycles. The molecule has 4 nitrogen and oxygen atoms in total. The number of rotatable bonds is 6. The van der Waals surface area contributed by atoms with Crippen LogP contribution in [0.2, 0.25) is 0 Å². The number of hydrogen-bond acceptors (Lipinski definition) is 5. The van der Waals surface area contributed by atoms with Crippen LogP contribution in [0.5, 0.6) is 11.5 Å². The third-order valence-corrected chi connectivity index (χ3v) is 4.57. The van der Waals surface area contributed by atoms with Crippen molar-refractivity contribution < 1.29 is 9.47 Å². The van der Waals surface area contributed by atoms with Gasteiger partial charge in [0.2, 0.25) is 0 Å². The van der Waals surface area contributed by atoms with Crippen LogP contribution < -0.4 is 9.47 Å². The molecule has 25 heavy (non-hydrogen) atoms. The molecule has 1 heterocycles. The van der Waals surface area contributed by atoms with E-state index in [9.17, 15) is 5.26 Å². The molecule has 0 bridgehead atoms. The molecule has 0 spiro atoms. The van der Waals surface area contributed by atoms with Gasteiger partial charge in [-0.3, -0.25) is 0 Å². The number of nitrogens with zero attached hydrogens (tertiary/aromatic N) is 2. The molecule has 0 aliphatic heterocycles. The topological polar surface area (TPSA) is 55.1 Å². The van der Waals surface area contributed by atoms with E-state index in [1.54, 1.807) is 19.3 Å². The average Bonchev–Trinajstić information content (AvgIpc) is 3.08. The summed E-state index contributed by atoms with van der Waals surface area (Å²) in [5.74, 6) is 1.25. The zero-order chi connectivity index (χ0) is 17.6. The molecular weight excluding hydrogens is 332 g/mol. The average molecular weight is 348 g/mol. The van der Waals surface area contributed by atoms with Crippen molar-refractivity contribution >= 4 is 33.2 Å². The highest BCUT2D eigenvalue weighted by molar-refractivity contribution is 7.19. The maximum atomic E-state index is 9.54. The van der Waals surface area contributed by atoms with Gasteiger partial charge in [-0.15, -0.1) is 11.3 Å². The van der Waals surface area contributed by atoms with Gasteiger partial charge in [0.1, 0.15) is 17.7 Å². The Kier molecular flexibility index (Phi) is 5.12. The molecule has 0 unspecified atom stereocenters. The van der Waals surface area contributed by atoms with E-state index in [1.165, 1.54) is 11.3 Å². The van der Waals surface area contributed by atoms with Crippen molar-refractivity contribution in [2.24, 2.45) is 0 Å². The van der Waals surface area contributed by atoms with Gasteiger partial charge in [-0.05, 0) is 35.9 Å². The lowest BCUT2D eigenvalue weighted by atomic mass is 10.1. The second-order valence-electron chi connectivity index (χ2n) is 5.17. The predicted octanol–water partition coefficient (Wildman–Crippen LogP) is 4.93. The zero-order valence-electron chi connectivity index (χ0n) is 13.7. The maximum absolute atomic E-state index is 9.54. The first kappa shape index (κ1) is 16.7. The van der Waals surface area contributed by atoms with Crippen molar-refractivity contribution in [3.8, 4) is 17.6 Å². The van der Waals surface area contributed by atoms with Crippen LogP contribution in [0.1, 0.15) is 10.6 Å². The number of thiazole rings is 1. The van der Waals surface area contributed by atoms with Crippen LogP contribution in [0.15, 0.2) is 55.1 Å². The fraction of sp³-hybridized carbons (Fsp3) is 0.100. The number of nitriles is 1. The van der Waals surface area contributed by atoms with Crippen molar-refractivity contribution in [1.82, 2.24) is 4.98 Å². The molecular formula is C20H16N2O2S. The van der Waals surface area contributed by atoms with Gasteiger partial charge in [-0.25, -0.2) is 4.98 Å². The van der Waals surface area contributed by atoms with Gasteiger partial charge >= 0.3 is 0 Å². The van der Waals surface area contributed by atoms with E-state index in [0.717, 1.165) is 15.8 Å². The molecule has 0 fully saturated rings. The van der Waals surface area contributed by atoms with Crippen LogP contribution in [-0.4, -0.2) is 18.7 Å². The Balaban J connectivity index is 1.96. The van der Waals surface area contributed by atoms with Crippen molar-refractivity contribution in [2.45, 2.75) is 0 Å². The summed E-state index contributed by atoms with van der Waals surface area (Å²) in [5, 5.41) is 10.2. The Labute approximate surface area is 150 Å². The lowest BCUT2D eigenvalue weighted by Gasteiger charge is -2.09. The molecule has 3 rings (SSSR count). The number of para-hydroxylation sites is 1. The molecule has 0 aliphatic carbocycles. The summed E-state index contributed by atoms with van der Waals surface area (Å²) in [7, 11) is 1.59. The molecule has 0 saturated carbocycles. The van der Waals surface area contributed by atoms with Crippen LogP contribution in [-0.2, 0) is 0 Å². The Morgan fingerprint density at radius 2 is 2.12 bits per heavy atom. The number of allylic oxidation sites excluding steroid dienone is 1. The van der Waals surface area contributed by atoms with E-state index in [-0.39, 0.29) is 0 Å². The normalized spacial score (nSPS) is 11.1. The fourth-order valence-corrected chi connectivity index (χ4v) is 3.27. The molecule has 124 valence electrons. The Bertz CT molecular complexity index is 950. The number of hydrogen-bond donors (Lipinski definition) is 0. The number of ether oxygens (including phenoxy) is 2. The molecule has 2 aromatic carbocycles. The number of aromatic nitrogens is 1. The van der Waals surface area contributed by atoms with Crippen LogP contribution >= 0.6 is 11.3 Å². The second kappa shape index (κ2) is 7.65. The van der Waals surface area contributed by atoms with Crippen LogP contribution in [0, 0.1) is 11.3 Å². The monoisotopic (exact) mass is 348 g/mol. The van der Waals surface area contributed by atoms with Crippen LogP contribution in [0.3, 0.4) is 0 Å².